The maximum atomic E-state index is 11.1. The molecule has 0 aliphatic carbocycles. The molecule has 0 radical (unpaired) electrons. The second kappa shape index (κ2) is 3.08. The van der Waals surface area contributed by atoms with E-state index in [0.29, 0.717) is 5.57 Å². The molecule has 0 atom stereocenters. The number of halogens is 1. The van der Waals surface area contributed by atoms with Crippen molar-refractivity contribution in [3.63, 3.8) is 0 Å². The molecule has 0 saturated carbocycles. The van der Waals surface area contributed by atoms with Crippen LogP contribution in [0.3, 0.4) is 0 Å². The minimum atomic E-state index is -0.593. The van der Waals surface area contributed by atoms with Gasteiger partial charge >= 0.3 is 11.9 Å². The third kappa shape index (κ3) is 1.57. The van der Waals surface area contributed by atoms with Gasteiger partial charge in [-0.05, 0) is 22.0 Å². The van der Waals surface area contributed by atoms with Crippen LogP contribution in [0.1, 0.15) is 4.88 Å². The summed E-state index contributed by atoms with van der Waals surface area (Å²) >= 11 is 4.64. The van der Waals surface area contributed by atoms with Crippen LogP contribution in [0, 0.1) is 0 Å². The van der Waals surface area contributed by atoms with E-state index in [1.165, 1.54) is 17.4 Å². The highest BCUT2D eigenvalue weighted by Crippen LogP contribution is 2.29. The van der Waals surface area contributed by atoms with E-state index in [1.807, 2.05) is 5.38 Å². The van der Waals surface area contributed by atoms with Crippen LogP contribution in [0.15, 0.2) is 22.0 Å². The zero-order chi connectivity index (χ0) is 9.42. The predicted octanol–water partition coefficient (Wildman–Crippen LogP) is 1.98. The summed E-state index contributed by atoms with van der Waals surface area (Å²) in [6.07, 6.45) is 1.21. The van der Waals surface area contributed by atoms with E-state index in [9.17, 15) is 9.59 Å². The Hall–Kier alpha value is -0.940. The minimum Gasteiger partial charge on any atom is -0.386 e. The van der Waals surface area contributed by atoms with E-state index in [-0.39, 0.29) is 0 Å². The van der Waals surface area contributed by atoms with Crippen molar-refractivity contribution in [1.29, 1.82) is 0 Å². The number of rotatable bonds is 1. The Balaban J connectivity index is 2.42. The van der Waals surface area contributed by atoms with Crippen molar-refractivity contribution >= 4 is 44.8 Å². The van der Waals surface area contributed by atoms with Gasteiger partial charge < -0.3 is 4.74 Å². The first-order valence-corrected chi connectivity index (χ1v) is 5.06. The molecule has 1 aliphatic rings. The molecule has 0 spiro atoms. The van der Waals surface area contributed by atoms with Crippen molar-refractivity contribution in [1.82, 2.24) is 0 Å². The molecule has 0 bridgehead atoms. The second-order valence-corrected chi connectivity index (χ2v) is 4.22. The van der Waals surface area contributed by atoms with Crippen LogP contribution in [0.2, 0.25) is 0 Å². The molecule has 13 heavy (non-hydrogen) atoms. The van der Waals surface area contributed by atoms with Gasteiger partial charge in [-0.2, -0.15) is 0 Å². The van der Waals surface area contributed by atoms with Crippen molar-refractivity contribution in [2.45, 2.75) is 0 Å². The molecule has 2 heterocycles. The van der Waals surface area contributed by atoms with Crippen molar-refractivity contribution in [3.05, 3.63) is 26.9 Å². The van der Waals surface area contributed by atoms with Gasteiger partial charge in [-0.3, -0.25) is 0 Å². The normalized spacial score (nSPS) is 15.9. The summed E-state index contributed by atoms with van der Waals surface area (Å²) in [5.41, 5.74) is 0.334. The number of hydrogen-bond donors (Lipinski definition) is 0. The van der Waals surface area contributed by atoms with Gasteiger partial charge in [0.2, 0.25) is 0 Å². The van der Waals surface area contributed by atoms with E-state index in [4.69, 9.17) is 0 Å². The summed E-state index contributed by atoms with van der Waals surface area (Å²) in [6, 6.07) is 1.77. The maximum absolute atomic E-state index is 11.1. The van der Waals surface area contributed by atoms with Gasteiger partial charge in [0.1, 0.15) is 0 Å². The number of hydrogen-bond acceptors (Lipinski definition) is 4. The predicted molar refractivity (Wildman–Crippen MR) is 51.1 cm³/mol. The first-order valence-electron chi connectivity index (χ1n) is 3.39. The molecule has 1 aromatic heterocycles. The minimum absolute atomic E-state index is 0.334. The number of ether oxygens (including phenoxy) is 1. The summed E-state index contributed by atoms with van der Waals surface area (Å²) in [5, 5.41) is 1.84. The van der Waals surface area contributed by atoms with E-state index >= 15 is 0 Å². The first-order chi connectivity index (χ1) is 6.16. The Bertz CT molecular complexity index is 419. The number of esters is 2. The Morgan fingerprint density at radius 2 is 2.15 bits per heavy atom. The molecule has 0 aromatic carbocycles. The Morgan fingerprint density at radius 3 is 2.62 bits per heavy atom. The molecule has 0 N–H and O–H groups in total. The molecule has 5 heteroatoms. The fourth-order valence-electron chi connectivity index (χ4n) is 0.979. The second-order valence-electron chi connectivity index (χ2n) is 2.40. The molecule has 2 rings (SSSR count). The first kappa shape index (κ1) is 8.65. The summed E-state index contributed by atoms with van der Waals surface area (Å²) < 4.78 is 5.25. The number of cyclic esters (lactones) is 2. The lowest BCUT2D eigenvalue weighted by Crippen LogP contribution is -2.00. The molecule has 0 unspecified atom stereocenters. The fraction of sp³-hybridized carbons (Fsp3) is 0. The molecule has 66 valence electrons. The average molecular weight is 259 g/mol. The van der Waals surface area contributed by atoms with E-state index < -0.39 is 11.9 Å². The largest absolute Gasteiger partial charge is 0.386 e. The van der Waals surface area contributed by atoms with Crippen molar-refractivity contribution in [3.8, 4) is 0 Å². The quantitative estimate of drug-likeness (QED) is 0.572. The zero-order valence-electron chi connectivity index (χ0n) is 6.24. The third-order valence-corrected chi connectivity index (χ3v) is 3.23. The molecular formula is C8H3BrO3S. The number of carbonyl (C=O) groups excluding carboxylic acids is 2. The van der Waals surface area contributed by atoms with Gasteiger partial charge in [0.15, 0.2) is 0 Å². The van der Waals surface area contributed by atoms with Gasteiger partial charge in [0.05, 0.1) is 5.57 Å². The molecule has 3 nitrogen and oxygen atoms in total. The standard InChI is InChI=1S/C8H3BrO3S/c9-4-1-6(13-3-4)5-2-7(10)12-8(5)11/h1-3H. The fourth-order valence-corrected chi connectivity index (χ4v) is 2.41. The summed E-state index contributed by atoms with van der Waals surface area (Å²) in [6.45, 7) is 0. The van der Waals surface area contributed by atoms with Crippen LogP contribution in [0.5, 0.6) is 0 Å². The van der Waals surface area contributed by atoms with Crippen LogP contribution in [-0.4, -0.2) is 11.9 Å². The number of carbonyl (C=O) groups is 2. The topological polar surface area (TPSA) is 43.4 Å². The molecular weight excluding hydrogens is 256 g/mol. The third-order valence-electron chi connectivity index (χ3n) is 1.51. The van der Waals surface area contributed by atoms with E-state index in [1.54, 1.807) is 6.07 Å². The highest BCUT2D eigenvalue weighted by Gasteiger charge is 2.25. The molecule has 1 aliphatic heterocycles. The smallest absolute Gasteiger partial charge is 0.347 e. The van der Waals surface area contributed by atoms with Crippen LogP contribution in [-0.2, 0) is 14.3 Å². The zero-order valence-corrected chi connectivity index (χ0v) is 8.65. The summed E-state index contributed by atoms with van der Waals surface area (Å²) in [7, 11) is 0. The van der Waals surface area contributed by atoms with Gasteiger partial charge in [0.25, 0.3) is 0 Å². The van der Waals surface area contributed by atoms with Gasteiger partial charge in [-0.1, -0.05) is 0 Å². The average Bonchev–Trinajstić information content (AvgIpc) is 2.58. The maximum Gasteiger partial charge on any atom is 0.347 e. The lowest BCUT2D eigenvalue weighted by molar-refractivity contribution is -0.149. The SMILES string of the molecule is O=C1C=C(c2cc(Br)cs2)C(=O)O1. The van der Waals surface area contributed by atoms with Gasteiger partial charge in [0, 0.05) is 20.8 Å². The Kier molecular flexibility index (Phi) is 2.05. The van der Waals surface area contributed by atoms with Gasteiger partial charge in [-0.15, -0.1) is 11.3 Å². The van der Waals surface area contributed by atoms with E-state index in [0.717, 1.165) is 9.35 Å². The van der Waals surface area contributed by atoms with Crippen LogP contribution >= 0.6 is 27.3 Å². The van der Waals surface area contributed by atoms with Crippen LogP contribution in [0.25, 0.3) is 5.57 Å². The van der Waals surface area contributed by atoms with Crippen molar-refractivity contribution in [2.24, 2.45) is 0 Å². The lowest BCUT2D eigenvalue weighted by atomic mass is 10.2. The number of thiophene rings is 1. The van der Waals surface area contributed by atoms with Crippen LogP contribution < -0.4 is 0 Å². The monoisotopic (exact) mass is 258 g/mol. The molecule has 0 fully saturated rings. The molecule has 0 amide bonds. The highest BCUT2D eigenvalue weighted by molar-refractivity contribution is 9.10. The van der Waals surface area contributed by atoms with Crippen molar-refractivity contribution < 1.29 is 14.3 Å². The lowest BCUT2D eigenvalue weighted by Gasteiger charge is -1.91. The highest BCUT2D eigenvalue weighted by atomic mass is 79.9. The van der Waals surface area contributed by atoms with Gasteiger partial charge in [-0.25, -0.2) is 9.59 Å². The summed E-state index contributed by atoms with van der Waals surface area (Å²) in [5.74, 6) is -1.16. The Morgan fingerprint density at radius 1 is 1.38 bits per heavy atom. The van der Waals surface area contributed by atoms with Crippen LogP contribution in [0.4, 0.5) is 0 Å². The Labute approximate surface area is 86.1 Å². The van der Waals surface area contributed by atoms with Crippen molar-refractivity contribution in [2.75, 3.05) is 0 Å². The summed E-state index contributed by atoms with van der Waals surface area (Å²) in [4.78, 5) is 22.5. The van der Waals surface area contributed by atoms with E-state index in [2.05, 4.69) is 20.7 Å². The molecule has 1 aromatic rings. The molecule has 0 saturated heterocycles.